The van der Waals surface area contributed by atoms with Crippen molar-refractivity contribution >= 4 is 0 Å². The standard InChI is InChI=1S/C14H18N2O3/c1-8(2)12(18-4)13-15-14(19-16-13)10-5-6-11(17)9(3)7-10/h5-8,12,17H,1-4H3. The Kier molecular flexibility index (Phi) is 3.85. The molecule has 1 N–H and O–H groups in total. The van der Waals surface area contributed by atoms with Crippen LogP contribution in [0, 0.1) is 12.8 Å². The van der Waals surface area contributed by atoms with Crippen LogP contribution in [0.2, 0.25) is 0 Å². The maximum atomic E-state index is 9.51. The van der Waals surface area contributed by atoms with Crippen LogP contribution in [0.4, 0.5) is 0 Å². The molecule has 0 bridgehead atoms. The number of hydrogen-bond acceptors (Lipinski definition) is 5. The highest BCUT2D eigenvalue weighted by atomic mass is 16.5. The average molecular weight is 262 g/mol. The van der Waals surface area contributed by atoms with E-state index >= 15 is 0 Å². The molecule has 1 aromatic carbocycles. The number of phenolic OH excluding ortho intramolecular Hbond substituents is 1. The van der Waals surface area contributed by atoms with E-state index in [1.165, 1.54) is 0 Å². The summed E-state index contributed by atoms with van der Waals surface area (Å²) < 4.78 is 10.6. The number of phenols is 1. The Balaban J connectivity index is 2.32. The zero-order valence-corrected chi connectivity index (χ0v) is 11.5. The Labute approximate surface area is 112 Å². The molecule has 2 aromatic rings. The van der Waals surface area contributed by atoms with Gasteiger partial charge in [0.25, 0.3) is 5.89 Å². The molecule has 1 unspecified atom stereocenters. The number of aromatic hydroxyl groups is 1. The molecule has 0 aliphatic heterocycles. The molecule has 0 spiro atoms. The average Bonchev–Trinajstić information content (AvgIpc) is 2.82. The largest absolute Gasteiger partial charge is 0.508 e. The van der Waals surface area contributed by atoms with Gasteiger partial charge < -0.3 is 14.4 Å². The molecule has 0 aliphatic carbocycles. The monoisotopic (exact) mass is 262 g/mol. The molecule has 19 heavy (non-hydrogen) atoms. The summed E-state index contributed by atoms with van der Waals surface area (Å²) in [6.07, 6.45) is -0.185. The summed E-state index contributed by atoms with van der Waals surface area (Å²) in [5, 5.41) is 13.5. The van der Waals surface area contributed by atoms with Crippen molar-refractivity contribution in [2.45, 2.75) is 26.9 Å². The van der Waals surface area contributed by atoms with Gasteiger partial charge in [-0.3, -0.25) is 0 Å². The number of hydrogen-bond donors (Lipinski definition) is 1. The molecule has 0 fully saturated rings. The molecule has 1 heterocycles. The molecule has 1 aromatic heterocycles. The van der Waals surface area contributed by atoms with Gasteiger partial charge in [-0.15, -0.1) is 0 Å². The van der Waals surface area contributed by atoms with Crippen LogP contribution in [0.3, 0.4) is 0 Å². The predicted molar refractivity (Wildman–Crippen MR) is 70.7 cm³/mol. The normalized spacial score (nSPS) is 12.9. The van der Waals surface area contributed by atoms with Gasteiger partial charge in [0, 0.05) is 12.7 Å². The van der Waals surface area contributed by atoms with Gasteiger partial charge >= 0.3 is 0 Å². The first-order chi connectivity index (χ1) is 9.02. The SMILES string of the molecule is COC(c1noc(-c2ccc(O)c(C)c2)n1)C(C)C. The van der Waals surface area contributed by atoms with Gasteiger partial charge in [-0.2, -0.15) is 4.98 Å². The van der Waals surface area contributed by atoms with Crippen molar-refractivity contribution in [3.05, 3.63) is 29.6 Å². The van der Waals surface area contributed by atoms with E-state index in [0.717, 1.165) is 11.1 Å². The first-order valence-electron chi connectivity index (χ1n) is 6.19. The Bertz CT molecular complexity index is 564. The lowest BCUT2D eigenvalue weighted by molar-refractivity contribution is 0.0556. The van der Waals surface area contributed by atoms with Crippen LogP contribution in [0.15, 0.2) is 22.7 Å². The predicted octanol–water partition coefficient (Wildman–Crippen LogP) is 3.09. The van der Waals surface area contributed by atoms with Crippen molar-refractivity contribution in [3.8, 4) is 17.2 Å². The molecular formula is C14H18N2O3. The zero-order valence-electron chi connectivity index (χ0n) is 11.5. The number of ether oxygens (including phenoxy) is 1. The molecule has 102 valence electrons. The molecule has 0 radical (unpaired) electrons. The van der Waals surface area contributed by atoms with E-state index in [1.54, 1.807) is 19.2 Å². The van der Waals surface area contributed by atoms with Crippen LogP contribution in [0.5, 0.6) is 5.75 Å². The van der Waals surface area contributed by atoms with Crippen molar-refractivity contribution < 1.29 is 14.4 Å². The number of aryl methyl sites for hydroxylation is 1. The van der Waals surface area contributed by atoms with Gasteiger partial charge in [-0.05, 0) is 36.6 Å². The number of nitrogens with zero attached hydrogens (tertiary/aromatic N) is 2. The Morgan fingerprint density at radius 1 is 1.32 bits per heavy atom. The molecule has 5 heteroatoms. The Hall–Kier alpha value is -1.88. The first kappa shape index (κ1) is 13.5. The fourth-order valence-corrected chi connectivity index (χ4v) is 1.93. The second-order valence-electron chi connectivity index (χ2n) is 4.86. The minimum atomic E-state index is -0.185. The summed E-state index contributed by atoms with van der Waals surface area (Å²) in [7, 11) is 1.63. The molecular weight excluding hydrogens is 244 g/mol. The van der Waals surface area contributed by atoms with E-state index in [0.29, 0.717) is 11.7 Å². The maximum Gasteiger partial charge on any atom is 0.258 e. The summed E-state index contributed by atoms with van der Waals surface area (Å²) in [6, 6.07) is 5.17. The van der Waals surface area contributed by atoms with E-state index in [2.05, 4.69) is 10.1 Å². The number of rotatable bonds is 4. The summed E-state index contributed by atoms with van der Waals surface area (Å²) in [5.41, 5.74) is 1.55. The van der Waals surface area contributed by atoms with Crippen molar-refractivity contribution in [1.29, 1.82) is 0 Å². The van der Waals surface area contributed by atoms with Gasteiger partial charge in [0.15, 0.2) is 0 Å². The lowest BCUT2D eigenvalue weighted by Crippen LogP contribution is -2.10. The minimum Gasteiger partial charge on any atom is -0.508 e. The molecule has 0 aliphatic rings. The van der Waals surface area contributed by atoms with Gasteiger partial charge in [0.05, 0.1) is 0 Å². The van der Waals surface area contributed by atoms with E-state index in [4.69, 9.17) is 9.26 Å². The third kappa shape index (κ3) is 2.76. The maximum absolute atomic E-state index is 9.51. The fraction of sp³-hybridized carbons (Fsp3) is 0.429. The molecule has 0 saturated heterocycles. The van der Waals surface area contributed by atoms with E-state index in [-0.39, 0.29) is 17.8 Å². The van der Waals surface area contributed by atoms with E-state index < -0.39 is 0 Å². The molecule has 0 saturated carbocycles. The molecule has 2 rings (SSSR count). The fourth-order valence-electron chi connectivity index (χ4n) is 1.93. The van der Waals surface area contributed by atoms with Crippen LogP contribution in [-0.2, 0) is 4.74 Å². The lowest BCUT2D eigenvalue weighted by atomic mass is 10.1. The van der Waals surface area contributed by atoms with Crippen LogP contribution >= 0.6 is 0 Å². The van der Waals surface area contributed by atoms with Crippen molar-refractivity contribution in [2.75, 3.05) is 7.11 Å². The summed E-state index contributed by atoms with van der Waals surface area (Å²) in [5.74, 6) is 1.48. The van der Waals surface area contributed by atoms with Crippen LogP contribution < -0.4 is 0 Å². The van der Waals surface area contributed by atoms with E-state index in [1.807, 2.05) is 26.8 Å². The summed E-state index contributed by atoms with van der Waals surface area (Å²) in [6.45, 7) is 5.89. The van der Waals surface area contributed by atoms with Crippen molar-refractivity contribution in [2.24, 2.45) is 5.92 Å². The van der Waals surface area contributed by atoms with Crippen molar-refractivity contribution in [3.63, 3.8) is 0 Å². The molecule has 1 atom stereocenters. The van der Waals surface area contributed by atoms with Gasteiger partial charge in [0.1, 0.15) is 11.9 Å². The highest BCUT2D eigenvalue weighted by Crippen LogP contribution is 2.27. The Morgan fingerprint density at radius 3 is 2.63 bits per heavy atom. The molecule has 0 amide bonds. The Morgan fingerprint density at radius 2 is 2.05 bits per heavy atom. The van der Waals surface area contributed by atoms with Gasteiger partial charge in [-0.25, -0.2) is 0 Å². The topological polar surface area (TPSA) is 68.4 Å². The van der Waals surface area contributed by atoms with Crippen molar-refractivity contribution in [1.82, 2.24) is 10.1 Å². The quantitative estimate of drug-likeness (QED) is 0.917. The van der Waals surface area contributed by atoms with E-state index in [9.17, 15) is 5.11 Å². The summed E-state index contributed by atoms with van der Waals surface area (Å²) >= 11 is 0. The highest BCUT2D eigenvalue weighted by Gasteiger charge is 2.21. The summed E-state index contributed by atoms with van der Waals surface area (Å²) in [4.78, 5) is 4.36. The second-order valence-corrected chi connectivity index (χ2v) is 4.86. The van der Waals surface area contributed by atoms with Crippen LogP contribution in [-0.4, -0.2) is 22.4 Å². The smallest absolute Gasteiger partial charge is 0.258 e. The van der Waals surface area contributed by atoms with Gasteiger partial charge in [-0.1, -0.05) is 19.0 Å². The molecule has 5 nitrogen and oxygen atoms in total. The number of aromatic nitrogens is 2. The lowest BCUT2D eigenvalue weighted by Gasteiger charge is -2.14. The first-order valence-corrected chi connectivity index (χ1v) is 6.19. The van der Waals surface area contributed by atoms with Crippen LogP contribution in [0.25, 0.3) is 11.5 Å². The van der Waals surface area contributed by atoms with Crippen LogP contribution in [0.1, 0.15) is 31.3 Å². The van der Waals surface area contributed by atoms with Gasteiger partial charge in [0.2, 0.25) is 5.82 Å². The third-order valence-corrected chi connectivity index (χ3v) is 3.00. The third-order valence-electron chi connectivity index (χ3n) is 3.00. The minimum absolute atomic E-state index is 0.185. The highest BCUT2D eigenvalue weighted by molar-refractivity contribution is 5.56. The number of benzene rings is 1. The zero-order chi connectivity index (χ0) is 14.0. The number of methoxy groups -OCH3 is 1. The second kappa shape index (κ2) is 5.40.